The van der Waals surface area contributed by atoms with Gasteiger partial charge in [0.1, 0.15) is 0 Å². The number of anilines is 1. The summed E-state index contributed by atoms with van der Waals surface area (Å²) < 4.78 is 24.3. The maximum absolute atomic E-state index is 11.4. The number of fused-ring (bicyclic) bond motifs is 1. The smallest absolute Gasteiger partial charge is 0.240 e. The van der Waals surface area contributed by atoms with E-state index in [9.17, 15) is 8.42 Å². The summed E-state index contributed by atoms with van der Waals surface area (Å²) in [6.07, 6.45) is 2.36. The van der Waals surface area contributed by atoms with Crippen LogP contribution < -0.4 is 10.9 Å². The van der Waals surface area contributed by atoms with Gasteiger partial charge in [0.15, 0.2) is 5.65 Å². The Balaban J connectivity index is 1.94. The summed E-state index contributed by atoms with van der Waals surface area (Å²) in [7, 11) is -3.69. The van der Waals surface area contributed by atoms with E-state index in [-0.39, 0.29) is 10.8 Å². The van der Waals surface area contributed by atoms with Gasteiger partial charge >= 0.3 is 0 Å². The van der Waals surface area contributed by atoms with Crippen LogP contribution in [-0.4, -0.2) is 23.0 Å². The van der Waals surface area contributed by atoms with Gasteiger partial charge in [-0.2, -0.15) is 4.98 Å². The van der Waals surface area contributed by atoms with Crippen molar-refractivity contribution in [1.29, 1.82) is 0 Å². The molecule has 1 aromatic carbocycles. The zero-order valence-electron chi connectivity index (χ0n) is 11.0. The van der Waals surface area contributed by atoms with Gasteiger partial charge in [-0.05, 0) is 35.7 Å². The van der Waals surface area contributed by atoms with E-state index in [0.717, 1.165) is 11.1 Å². The second-order valence-electron chi connectivity index (χ2n) is 4.68. The molecule has 7 nitrogen and oxygen atoms in total. The maximum Gasteiger partial charge on any atom is 0.240 e. The second-order valence-corrected chi connectivity index (χ2v) is 6.24. The normalized spacial score (nSPS) is 11.9. The molecule has 0 saturated carbocycles. The van der Waals surface area contributed by atoms with Crippen molar-refractivity contribution < 1.29 is 8.42 Å². The Bertz CT molecular complexity index is 917. The van der Waals surface area contributed by atoms with Gasteiger partial charge in [-0.15, -0.1) is 5.10 Å². The van der Waals surface area contributed by atoms with Crippen molar-refractivity contribution in [1.82, 2.24) is 14.6 Å². The lowest BCUT2D eigenvalue weighted by Gasteiger charge is -2.04. The Morgan fingerprint density at radius 2 is 1.95 bits per heavy atom. The fourth-order valence-electron chi connectivity index (χ4n) is 2.12. The predicted octanol–water partition coefficient (Wildman–Crippen LogP) is 0.550. The Hall–Kier alpha value is -2.45. The number of benzene rings is 1. The van der Waals surface area contributed by atoms with Crippen molar-refractivity contribution in [2.75, 3.05) is 5.73 Å². The number of aromatic nitrogens is 3. The number of pyridine rings is 1. The van der Waals surface area contributed by atoms with Gasteiger partial charge < -0.3 is 5.73 Å². The number of sulfonamides is 1. The van der Waals surface area contributed by atoms with E-state index in [0.29, 0.717) is 12.1 Å². The third kappa shape index (κ3) is 2.86. The second kappa shape index (κ2) is 4.83. The molecule has 0 bridgehead atoms. The van der Waals surface area contributed by atoms with Crippen LogP contribution in [0.5, 0.6) is 0 Å². The highest BCUT2D eigenvalue weighted by molar-refractivity contribution is 7.89. The largest absolute Gasteiger partial charge is 0.366 e. The molecule has 4 N–H and O–H groups in total. The molecule has 0 radical (unpaired) electrons. The van der Waals surface area contributed by atoms with Crippen LogP contribution in [0.1, 0.15) is 11.1 Å². The highest BCUT2D eigenvalue weighted by Gasteiger charge is 2.08. The first-order valence-electron chi connectivity index (χ1n) is 6.14. The van der Waals surface area contributed by atoms with E-state index in [4.69, 9.17) is 10.9 Å². The lowest BCUT2D eigenvalue weighted by molar-refractivity contribution is 0.597. The van der Waals surface area contributed by atoms with E-state index >= 15 is 0 Å². The number of rotatable bonds is 3. The van der Waals surface area contributed by atoms with Gasteiger partial charge in [0, 0.05) is 6.20 Å². The summed E-state index contributed by atoms with van der Waals surface area (Å²) in [6.45, 7) is 0. The molecule has 2 heterocycles. The molecule has 3 aromatic rings. The van der Waals surface area contributed by atoms with Gasteiger partial charge in [-0.25, -0.2) is 18.1 Å². The van der Waals surface area contributed by atoms with E-state index in [1.807, 2.05) is 24.4 Å². The Labute approximate surface area is 121 Å². The molecule has 0 aliphatic heterocycles. The number of hydrogen-bond donors (Lipinski definition) is 2. The minimum atomic E-state index is -3.69. The fourth-order valence-corrected chi connectivity index (χ4v) is 2.70. The summed E-state index contributed by atoms with van der Waals surface area (Å²) >= 11 is 0. The van der Waals surface area contributed by atoms with Gasteiger partial charge in [0.2, 0.25) is 16.0 Å². The zero-order chi connectivity index (χ0) is 15.0. The first kappa shape index (κ1) is 13.5. The number of primary sulfonamides is 1. The van der Waals surface area contributed by atoms with Crippen LogP contribution in [0.25, 0.3) is 5.65 Å². The zero-order valence-corrected chi connectivity index (χ0v) is 11.8. The molecule has 0 spiro atoms. The molecular weight excluding hydrogens is 290 g/mol. The van der Waals surface area contributed by atoms with Gasteiger partial charge in [-0.1, -0.05) is 18.2 Å². The van der Waals surface area contributed by atoms with Crippen molar-refractivity contribution in [3.63, 3.8) is 0 Å². The van der Waals surface area contributed by atoms with Crippen LogP contribution in [0.4, 0.5) is 5.95 Å². The van der Waals surface area contributed by atoms with Crippen molar-refractivity contribution in [2.45, 2.75) is 11.3 Å². The monoisotopic (exact) mass is 303 g/mol. The lowest BCUT2D eigenvalue weighted by Crippen LogP contribution is -2.12. The lowest BCUT2D eigenvalue weighted by atomic mass is 10.1. The molecule has 0 aliphatic rings. The average Bonchev–Trinajstić information content (AvgIpc) is 2.77. The van der Waals surface area contributed by atoms with Crippen LogP contribution in [0.3, 0.4) is 0 Å². The van der Waals surface area contributed by atoms with E-state index in [1.54, 1.807) is 16.6 Å². The maximum atomic E-state index is 11.4. The predicted molar refractivity (Wildman–Crippen MR) is 78.0 cm³/mol. The third-order valence-electron chi connectivity index (χ3n) is 3.04. The van der Waals surface area contributed by atoms with Crippen molar-refractivity contribution >= 4 is 21.6 Å². The number of nitrogen functional groups attached to an aromatic ring is 1. The summed E-state index contributed by atoms with van der Waals surface area (Å²) in [5.74, 6) is 0.211. The van der Waals surface area contributed by atoms with Crippen LogP contribution in [0, 0.1) is 0 Å². The van der Waals surface area contributed by atoms with E-state index in [1.165, 1.54) is 6.07 Å². The SMILES string of the molecule is Nc1nc2ccc(Cc3cccc(S(N)(=O)=O)c3)cn2n1. The molecule has 0 aliphatic carbocycles. The molecule has 0 saturated heterocycles. The highest BCUT2D eigenvalue weighted by atomic mass is 32.2. The molecule has 21 heavy (non-hydrogen) atoms. The molecule has 108 valence electrons. The first-order chi connectivity index (χ1) is 9.91. The molecule has 0 amide bonds. The quantitative estimate of drug-likeness (QED) is 0.733. The van der Waals surface area contributed by atoms with Crippen LogP contribution in [-0.2, 0) is 16.4 Å². The van der Waals surface area contributed by atoms with Crippen LogP contribution in [0.15, 0.2) is 47.5 Å². The molecule has 0 fully saturated rings. The minimum absolute atomic E-state index is 0.103. The highest BCUT2D eigenvalue weighted by Crippen LogP contribution is 2.15. The van der Waals surface area contributed by atoms with Crippen LogP contribution in [0.2, 0.25) is 0 Å². The molecular formula is C13H13N5O2S. The van der Waals surface area contributed by atoms with Crippen molar-refractivity contribution in [3.05, 3.63) is 53.7 Å². The molecule has 0 unspecified atom stereocenters. The Morgan fingerprint density at radius 3 is 2.71 bits per heavy atom. The fraction of sp³-hybridized carbons (Fsp3) is 0.0769. The third-order valence-corrected chi connectivity index (χ3v) is 3.95. The van der Waals surface area contributed by atoms with Crippen molar-refractivity contribution in [3.8, 4) is 0 Å². The molecule has 8 heteroatoms. The first-order valence-corrected chi connectivity index (χ1v) is 7.69. The molecule has 3 rings (SSSR count). The number of hydrogen-bond acceptors (Lipinski definition) is 5. The average molecular weight is 303 g/mol. The summed E-state index contributed by atoms with van der Waals surface area (Å²) in [5, 5.41) is 9.17. The van der Waals surface area contributed by atoms with Crippen LogP contribution >= 0.6 is 0 Å². The Morgan fingerprint density at radius 1 is 1.14 bits per heavy atom. The van der Waals surface area contributed by atoms with Gasteiger partial charge in [0.25, 0.3) is 0 Å². The van der Waals surface area contributed by atoms with E-state index in [2.05, 4.69) is 10.1 Å². The minimum Gasteiger partial charge on any atom is -0.366 e. The molecule has 0 atom stereocenters. The topological polar surface area (TPSA) is 116 Å². The number of nitrogens with zero attached hydrogens (tertiary/aromatic N) is 3. The van der Waals surface area contributed by atoms with Gasteiger partial charge in [0.05, 0.1) is 4.90 Å². The summed E-state index contributed by atoms with van der Waals surface area (Å²) in [6, 6.07) is 10.3. The standard InChI is InChI=1S/C13H13N5O2S/c14-13-16-12-5-4-10(8-18(12)17-13)6-9-2-1-3-11(7-9)21(15,19)20/h1-5,7-8H,6H2,(H2,14,17)(H2,15,19,20). The number of nitrogens with two attached hydrogens (primary N) is 2. The summed E-state index contributed by atoms with van der Waals surface area (Å²) in [4.78, 5) is 4.14. The summed E-state index contributed by atoms with van der Waals surface area (Å²) in [5.41, 5.74) is 8.00. The molecule has 2 aromatic heterocycles. The van der Waals surface area contributed by atoms with E-state index < -0.39 is 10.0 Å². The van der Waals surface area contributed by atoms with Crippen molar-refractivity contribution in [2.24, 2.45) is 5.14 Å². The van der Waals surface area contributed by atoms with Gasteiger partial charge in [-0.3, -0.25) is 0 Å². The Kier molecular flexibility index (Phi) is 3.11.